The summed E-state index contributed by atoms with van der Waals surface area (Å²) in [5.41, 5.74) is 1.12. The van der Waals surface area contributed by atoms with Crippen LogP contribution in [0.3, 0.4) is 0 Å². The molecule has 0 spiro atoms. The molecule has 6 nitrogen and oxygen atoms in total. The molecule has 0 radical (unpaired) electrons. The molecule has 1 amide bonds. The zero-order chi connectivity index (χ0) is 22.6. The van der Waals surface area contributed by atoms with Crippen LogP contribution in [0.4, 0.5) is 5.69 Å². The van der Waals surface area contributed by atoms with E-state index in [2.05, 4.69) is 9.88 Å². The summed E-state index contributed by atoms with van der Waals surface area (Å²) in [6, 6.07) is 14.4. The zero-order valence-electron chi connectivity index (χ0n) is 17.8. The highest BCUT2D eigenvalue weighted by Crippen LogP contribution is 2.24. The van der Waals surface area contributed by atoms with Crippen LogP contribution in [0.5, 0.6) is 0 Å². The van der Waals surface area contributed by atoms with Gasteiger partial charge in [0.2, 0.25) is 5.91 Å². The molecule has 0 N–H and O–H groups in total. The van der Waals surface area contributed by atoms with Gasteiger partial charge in [0.15, 0.2) is 9.84 Å². The molecule has 0 unspecified atom stereocenters. The van der Waals surface area contributed by atoms with Gasteiger partial charge in [-0.2, -0.15) is 0 Å². The number of sulfone groups is 1. The smallest absolute Gasteiger partial charge is 0.222 e. The van der Waals surface area contributed by atoms with E-state index in [1.54, 1.807) is 36.7 Å². The Hall–Kier alpha value is -2.64. The van der Waals surface area contributed by atoms with E-state index in [4.69, 9.17) is 11.6 Å². The number of anilines is 1. The van der Waals surface area contributed by atoms with Crippen molar-refractivity contribution >= 4 is 43.8 Å². The van der Waals surface area contributed by atoms with E-state index in [9.17, 15) is 13.2 Å². The van der Waals surface area contributed by atoms with Crippen molar-refractivity contribution in [2.45, 2.75) is 24.2 Å². The van der Waals surface area contributed by atoms with Crippen LogP contribution in [0, 0.1) is 0 Å². The standard InChI is InChI=1S/C24H26ClN3O3S/c25-21-6-4-20-18-23(7-5-19(20)17-21)32(30,31)16-2-1-3-24(29)28-14-12-27(13-15-28)22-8-10-26-11-9-22/h4-11,17-18H,1-3,12-16H2. The summed E-state index contributed by atoms with van der Waals surface area (Å²) < 4.78 is 25.5. The predicted molar refractivity (Wildman–Crippen MR) is 128 cm³/mol. The van der Waals surface area contributed by atoms with Crippen molar-refractivity contribution in [2.75, 3.05) is 36.8 Å². The van der Waals surface area contributed by atoms with Crippen LogP contribution in [0.15, 0.2) is 65.8 Å². The first-order valence-corrected chi connectivity index (χ1v) is 12.8. The summed E-state index contributed by atoms with van der Waals surface area (Å²) >= 11 is 6.00. The molecule has 4 rings (SSSR count). The number of carbonyl (C=O) groups is 1. The first-order chi connectivity index (χ1) is 15.4. The number of hydrogen-bond donors (Lipinski definition) is 0. The molecule has 32 heavy (non-hydrogen) atoms. The lowest BCUT2D eigenvalue weighted by molar-refractivity contribution is -0.131. The Morgan fingerprint density at radius 2 is 1.59 bits per heavy atom. The third-order valence-corrected chi connectivity index (χ3v) is 7.88. The van der Waals surface area contributed by atoms with E-state index < -0.39 is 9.84 Å². The molecular weight excluding hydrogens is 446 g/mol. The Bertz CT molecular complexity index is 1190. The van der Waals surface area contributed by atoms with Gasteiger partial charge < -0.3 is 9.80 Å². The zero-order valence-corrected chi connectivity index (χ0v) is 19.4. The summed E-state index contributed by atoms with van der Waals surface area (Å²) in [6.45, 7) is 2.94. The Morgan fingerprint density at radius 1 is 0.906 bits per heavy atom. The summed E-state index contributed by atoms with van der Waals surface area (Å²) in [4.78, 5) is 21.0. The van der Waals surface area contributed by atoms with Crippen LogP contribution in [0.25, 0.3) is 10.8 Å². The molecule has 8 heteroatoms. The van der Waals surface area contributed by atoms with Crippen molar-refractivity contribution in [3.63, 3.8) is 0 Å². The van der Waals surface area contributed by atoms with Crippen LogP contribution in [-0.4, -0.2) is 56.1 Å². The minimum absolute atomic E-state index is 0.0369. The fourth-order valence-electron chi connectivity index (χ4n) is 4.00. The van der Waals surface area contributed by atoms with Gasteiger partial charge in [0, 0.05) is 55.7 Å². The fourth-order valence-corrected chi connectivity index (χ4v) is 5.58. The number of benzene rings is 2. The molecule has 3 aromatic rings. The van der Waals surface area contributed by atoms with Crippen LogP contribution in [0.2, 0.25) is 5.02 Å². The average molecular weight is 472 g/mol. The van der Waals surface area contributed by atoms with Crippen LogP contribution in [0.1, 0.15) is 19.3 Å². The van der Waals surface area contributed by atoms with Gasteiger partial charge in [0.05, 0.1) is 10.6 Å². The minimum Gasteiger partial charge on any atom is -0.368 e. The first kappa shape index (κ1) is 22.6. The van der Waals surface area contributed by atoms with E-state index in [-0.39, 0.29) is 11.7 Å². The Labute approximate surface area is 193 Å². The number of pyridine rings is 1. The lowest BCUT2D eigenvalue weighted by Crippen LogP contribution is -2.48. The van der Waals surface area contributed by atoms with Crippen molar-refractivity contribution in [3.8, 4) is 0 Å². The lowest BCUT2D eigenvalue weighted by Gasteiger charge is -2.36. The monoisotopic (exact) mass is 471 g/mol. The summed E-state index contributed by atoms with van der Waals surface area (Å²) in [5.74, 6) is 0.134. The third kappa shape index (κ3) is 5.40. The molecule has 0 aliphatic carbocycles. The molecule has 2 heterocycles. The second kappa shape index (κ2) is 9.88. The topological polar surface area (TPSA) is 70.6 Å². The molecule has 168 valence electrons. The molecule has 0 atom stereocenters. The van der Waals surface area contributed by atoms with Crippen molar-refractivity contribution in [3.05, 3.63) is 65.9 Å². The predicted octanol–water partition coefficient (Wildman–Crippen LogP) is 4.18. The molecule has 1 aliphatic heterocycles. The van der Waals surface area contributed by atoms with Crippen molar-refractivity contribution in [2.24, 2.45) is 0 Å². The van der Waals surface area contributed by atoms with Crippen LogP contribution >= 0.6 is 11.6 Å². The molecule has 1 saturated heterocycles. The number of amides is 1. The molecule has 1 fully saturated rings. The average Bonchev–Trinajstić information content (AvgIpc) is 2.82. The van der Waals surface area contributed by atoms with Crippen LogP contribution in [-0.2, 0) is 14.6 Å². The quantitative estimate of drug-likeness (QED) is 0.483. The van der Waals surface area contributed by atoms with Gasteiger partial charge in [0.25, 0.3) is 0 Å². The highest BCUT2D eigenvalue weighted by atomic mass is 35.5. The maximum atomic E-state index is 12.7. The Morgan fingerprint density at radius 3 is 2.34 bits per heavy atom. The number of rotatable bonds is 7. The summed E-state index contributed by atoms with van der Waals surface area (Å²) in [6.07, 6.45) is 4.94. The van der Waals surface area contributed by atoms with Gasteiger partial charge in [-0.25, -0.2) is 8.42 Å². The van der Waals surface area contributed by atoms with Crippen molar-refractivity contribution < 1.29 is 13.2 Å². The van der Waals surface area contributed by atoms with E-state index in [1.807, 2.05) is 29.2 Å². The first-order valence-electron chi connectivity index (χ1n) is 10.8. The molecular formula is C24H26ClN3O3S. The highest BCUT2D eigenvalue weighted by molar-refractivity contribution is 7.91. The van der Waals surface area contributed by atoms with E-state index >= 15 is 0 Å². The number of hydrogen-bond acceptors (Lipinski definition) is 5. The summed E-state index contributed by atoms with van der Waals surface area (Å²) in [7, 11) is -3.39. The molecule has 1 aliphatic rings. The summed E-state index contributed by atoms with van der Waals surface area (Å²) in [5, 5.41) is 2.37. The lowest BCUT2D eigenvalue weighted by atomic mass is 10.1. The largest absolute Gasteiger partial charge is 0.368 e. The normalized spacial score (nSPS) is 14.7. The molecule has 0 bridgehead atoms. The van der Waals surface area contributed by atoms with Gasteiger partial charge in [-0.3, -0.25) is 9.78 Å². The van der Waals surface area contributed by atoms with Gasteiger partial charge >= 0.3 is 0 Å². The number of fused-ring (bicyclic) bond motifs is 1. The number of halogens is 1. The maximum absolute atomic E-state index is 12.7. The Balaban J connectivity index is 1.24. The minimum atomic E-state index is -3.39. The molecule has 1 aromatic heterocycles. The van der Waals surface area contributed by atoms with E-state index in [1.165, 1.54) is 0 Å². The van der Waals surface area contributed by atoms with E-state index in [0.717, 1.165) is 29.5 Å². The van der Waals surface area contributed by atoms with E-state index in [0.29, 0.717) is 42.3 Å². The fraction of sp³-hybridized carbons (Fsp3) is 0.333. The van der Waals surface area contributed by atoms with Crippen molar-refractivity contribution in [1.82, 2.24) is 9.88 Å². The number of unbranched alkanes of at least 4 members (excludes halogenated alkanes) is 1. The van der Waals surface area contributed by atoms with Gasteiger partial charge in [-0.15, -0.1) is 0 Å². The van der Waals surface area contributed by atoms with Gasteiger partial charge in [-0.1, -0.05) is 23.7 Å². The van der Waals surface area contributed by atoms with Gasteiger partial charge in [-0.05, 0) is 60.0 Å². The SMILES string of the molecule is O=C(CCCCS(=O)(=O)c1ccc2cc(Cl)ccc2c1)N1CCN(c2ccncc2)CC1. The second-order valence-electron chi connectivity index (χ2n) is 8.00. The molecule has 2 aromatic carbocycles. The Kier molecular flexibility index (Phi) is 6.96. The molecule has 0 saturated carbocycles. The maximum Gasteiger partial charge on any atom is 0.222 e. The van der Waals surface area contributed by atoms with Crippen LogP contribution < -0.4 is 4.90 Å². The number of aromatic nitrogens is 1. The number of carbonyl (C=O) groups excluding carboxylic acids is 1. The third-order valence-electron chi connectivity index (χ3n) is 5.85. The van der Waals surface area contributed by atoms with Crippen molar-refractivity contribution in [1.29, 1.82) is 0 Å². The van der Waals surface area contributed by atoms with Gasteiger partial charge in [0.1, 0.15) is 0 Å². The highest BCUT2D eigenvalue weighted by Gasteiger charge is 2.21. The number of piperazine rings is 1. The second-order valence-corrected chi connectivity index (χ2v) is 10.5. The number of nitrogens with zero attached hydrogens (tertiary/aromatic N) is 3.